The maximum absolute atomic E-state index is 12.7. The molecule has 0 aliphatic carbocycles. The molecule has 0 aromatic carbocycles. The van der Waals surface area contributed by atoms with Crippen molar-refractivity contribution in [2.24, 2.45) is 0 Å². The summed E-state index contributed by atoms with van der Waals surface area (Å²) in [6, 6.07) is 1.73. The van der Waals surface area contributed by atoms with E-state index in [4.69, 9.17) is 0 Å². The number of carbonyl (C=O) groups is 1. The molecule has 10 heteroatoms. The van der Waals surface area contributed by atoms with Gasteiger partial charge in [-0.3, -0.25) is 9.59 Å². The molecule has 1 amide bonds. The fourth-order valence-corrected chi connectivity index (χ4v) is 3.45. The van der Waals surface area contributed by atoms with Crippen molar-refractivity contribution >= 4 is 39.1 Å². The number of anilines is 1. The molecule has 9 nitrogen and oxygen atoms in total. The van der Waals surface area contributed by atoms with E-state index >= 15 is 0 Å². The van der Waals surface area contributed by atoms with Crippen LogP contribution in [0.2, 0.25) is 0 Å². The Bertz CT molecular complexity index is 1200. The fraction of sp³-hybridized carbons (Fsp3) is 0.250. The van der Waals surface area contributed by atoms with Crippen LogP contribution in [-0.4, -0.2) is 35.0 Å². The lowest BCUT2D eigenvalue weighted by Crippen LogP contribution is -2.27. The first-order valence-electron chi connectivity index (χ1n) is 7.88. The Morgan fingerprint density at radius 2 is 2.08 bits per heavy atom. The quantitative estimate of drug-likeness (QED) is 0.586. The highest BCUT2D eigenvalue weighted by molar-refractivity contribution is 7.15. The van der Waals surface area contributed by atoms with E-state index in [2.05, 4.69) is 25.4 Å². The van der Waals surface area contributed by atoms with Gasteiger partial charge < -0.3 is 9.88 Å². The third kappa shape index (κ3) is 2.73. The van der Waals surface area contributed by atoms with Gasteiger partial charge in [0, 0.05) is 17.3 Å². The molecule has 0 fully saturated rings. The molecule has 4 heterocycles. The van der Waals surface area contributed by atoms with Crippen LogP contribution in [0.5, 0.6) is 0 Å². The van der Waals surface area contributed by atoms with Gasteiger partial charge in [-0.2, -0.15) is 9.50 Å². The van der Waals surface area contributed by atoms with Gasteiger partial charge in [0.2, 0.25) is 5.91 Å². The van der Waals surface area contributed by atoms with Crippen molar-refractivity contribution in [1.29, 1.82) is 0 Å². The fourth-order valence-electron chi connectivity index (χ4n) is 2.62. The van der Waals surface area contributed by atoms with Gasteiger partial charge in [-0.15, -0.1) is 16.4 Å². The molecule has 0 spiro atoms. The molecule has 0 atom stereocenters. The van der Waals surface area contributed by atoms with E-state index in [9.17, 15) is 9.59 Å². The maximum Gasteiger partial charge on any atom is 0.262 e. The highest BCUT2D eigenvalue weighted by Crippen LogP contribution is 2.21. The first-order chi connectivity index (χ1) is 12.4. The molecule has 4 aromatic heterocycles. The highest BCUT2D eigenvalue weighted by atomic mass is 32.1. The Labute approximate surface area is 151 Å². The van der Waals surface area contributed by atoms with Crippen LogP contribution in [-0.2, 0) is 11.3 Å². The van der Waals surface area contributed by atoms with Crippen molar-refractivity contribution in [3.63, 3.8) is 0 Å². The zero-order valence-corrected chi connectivity index (χ0v) is 15.2. The second kappa shape index (κ2) is 5.99. The number of thiazole rings is 1. The van der Waals surface area contributed by atoms with Crippen LogP contribution in [0.25, 0.3) is 16.7 Å². The molecule has 26 heavy (non-hydrogen) atoms. The topological polar surface area (TPSA) is 107 Å². The zero-order chi connectivity index (χ0) is 18.4. The summed E-state index contributed by atoms with van der Waals surface area (Å²) in [5.74, 6) is 0.688. The van der Waals surface area contributed by atoms with E-state index in [0.29, 0.717) is 27.6 Å². The number of rotatable bonds is 3. The minimum atomic E-state index is -0.314. The van der Waals surface area contributed by atoms with Crippen LogP contribution in [0.4, 0.5) is 5.13 Å². The lowest BCUT2D eigenvalue weighted by Gasteiger charge is -2.07. The van der Waals surface area contributed by atoms with Crippen LogP contribution in [0.15, 0.2) is 23.3 Å². The number of carbonyl (C=O) groups excluding carboxylic acids is 1. The van der Waals surface area contributed by atoms with Crippen molar-refractivity contribution < 1.29 is 4.79 Å². The normalized spacial score (nSPS) is 11.3. The summed E-state index contributed by atoms with van der Waals surface area (Å²) < 4.78 is 2.86. The predicted octanol–water partition coefficient (Wildman–Crippen LogP) is 1.46. The molecule has 0 radical (unpaired) electrons. The number of pyridine rings is 1. The lowest BCUT2D eigenvalue weighted by atomic mass is 10.3. The van der Waals surface area contributed by atoms with Gasteiger partial charge in [0.05, 0.1) is 16.6 Å². The van der Waals surface area contributed by atoms with Crippen molar-refractivity contribution in [3.05, 3.63) is 45.2 Å². The van der Waals surface area contributed by atoms with E-state index in [0.717, 1.165) is 10.6 Å². The second-order valence-corrected chi connectivity index (χ2v) is 7.09. The summed E-state index contributed by atoms with van der Waals surface area (Å²) in [5.41, 5.74) is 1.17. The third-order valence-electron chi connectivity index (χ3n) is 4.00. The second-order valence-electron chi connectivity index (χ2n) is 5.89. The number of hydrogen-bond acceptors (Lipinski definition) is 7. The number of nitrogens with zero attached hydrogens (tertiary/aromatic N) is 6. The standard InChI is InChI=1S/C16H15N7O2S/c1-8-9(2)26-16(18-8)20-13(24)7-22-5-4-12-11(14(22)25)6-17-15-19-10(3)21-23(12)15/h4-6H,7H2,1-3H3,(H,18,20,24). The van der Waals surface area contributed by atoms with Crippen LogP contribution in [0.3, 0.4) is 0 Å². The van der Waals surface area contributed by atoms with Crippen molar-refractivity contribution in [3.8, 4) is 0 Å². The summed E-state index contributed by atoms with van der Waals surface area (Å²) in [7, 11) is 0. The number of aromatic nitrogens is 6. The molecule has 0 bridgehead atoms. The zero-order valence-electron chi connectivity index (χ0n) is 14.3. The van der Waals surface area contributed by atoms with Crippen LogP contribution >= 0.6 is 11.3 Å². The molecule has 0 aliphatic heterocycles. The number of fused-ring (bicyclic) bond motifs is 3. The first-order valence-corrected chi connectivity index (χ1v) is 8.69. The number of aryl methyl sites for hydroxylation is 3. The van der Waals surface area contributed by atoms with Gasteiger partial charge in [0.25, 0.3) is 11.3 Å². The van der Waals surface area contributed by atoms with Crippen molar-refractivity contribution in [1.82, 2.24) is 29.1 Å². The van der Waals surface area contributed by atoms with E-state index in [1.165, 1.54) is 26.6 Å². The summed E-state index contributed by atoms with van der Waals surface area (Å²) in [6.45, 7) is 5.47. The van der Waals surface area contributed by atoms with Crippen LogP contribution < -0.4 is 10.9 Å². The van der Waals surface area contributed by atoms with Gasteiger partial charge >= 0.3 is 0 Å². The van der Waals surface area contributed by atoms with Crippen molar-refractivity contribution in [2.45, 2.75) is 27.3 Å². The smallest absolute Gasteiger partial charge is 0.262 e. The van der Waals surface area contributed by atoms with Crippen LogP contribution in [0, 0.1) is 20.8 Å². The molecule has 4 rings (SSSR count). The van der Waals surface area contributed by atoms with Gasteiger partial charge in [-0.05, 0) is 26.8 Å². The van der Waals surface area contributed by atoms with E-state index in [-0.39, 0.29) is 18.0 Å². The molecule has 0 saturated heterocycles. The molecule has 4 aromatic rings. The van der Waals surface area contributed by atoms with E-state index in [1.807, 2.05) is 13.8 Å². The van der Waals surface area contributed by atoms with Gasteiger partial charge in [-0.25, -0.2) is 9.97 Å². The average molecular weight is 369 g/mol. The van der Waals surface area contributed by atoms with Crippen molar-refractivity contribution in [2.75, 3.05) is 5.32 Å². The monoisotopic (exact) mass is 369 g/mol. The Morgan fingerprint density at radius 3 is 2.81 bits per heavy atom. The Hall–Kier alpha value is -3.14. The molecular weight excluding hydrogens is 354 g/mol. The molecule has 132 valence electrons. The summed E-state index contributed by atoms with van der Waals surface area (Å²) >= 11 is 1.40. The number of nitrogens with one attached hydrogen (secondary N) is 1. The van der Waals surface area contributed by atoms with Gasteiger partial charge in [0.15, 0.2) is 5.13 Å². The third-order valence-corrected chi connectivity index (χ3v) is 4.99. The van der Waals surface area contributed by atoms with Gasteiger partial charge in [0.1, 0.15) is 12.4 Å². The molecular formula is C16H15N7O2S. The molecule has 0 aliphatic rings. The van der Waals surface area contributed by atoms with Gasteiger partial charge in [-0.1, -0.05) is 0 Å². The minimum Gasteiger partial charge on any atom is -0.305 e. The maximum atomic E-state index is 12.7. The number of amides is 1. The Kier molecular flexibility index (Phi) is 3.76. The average Bonchev–Trinajstić information content (AvgIpc) is 3.11. The van der Waals surface area contributed by atoms with E-state index in [1.54, 1.807) is 19.2 Å². The lowest BCUT2D eigenvalue weighted by molar-refractivity contribution is -0.116. The molecule has 0 saturated carbocycles. The SMILES string of the molecule is Cc1nc2ncc3c(=O)n(CC(=O)Nc4nc(C)c(C)s4)ccc3n2n1. The first kappa shape index (κ1) is 16.3. The summed E-state index contributed by atoms with van der Waals surface area (Å²) in [6.07, 6.45) is 3.03. The summed E-state index contributed by atoms with van der Waals surface area (Å²) in [5, 5.41) is 7.88. The summed E-state index contributed by atoms with van der Waals surface area (Å²) in [4.78, 5) is 38.6. The number of hydrogen-bond donors (Lipinski definition) is 1. The highest BCUT2D eigenvalue weighted by Gasteiger charge is 2.13. The molecule has 1 N–H and O–H groups in total. The minimum absolute atomic E-state index is 0.110. The largest absolute Gasteiger partial charge is 0.305 e. The predicted molar refractivity (Wildman–Crippen MR) is 97.5 cm³/mol. The van der Waals surface area contributed by atoms with Crippen LogP contribution in [0.1, 0.15) is 16.4 Å². The Morgan fingerprint density at radius 1 is 1.27 bits per heavy atom. The Balaban J connectivity index is 1.66. The van der Waals surface area contributed by atoms with E-state index < -0.39 is 0 Å². The molecule has 0 unspecified atom stereocenters.